The first-order valence-corrected chi connectivity index (χ1v) is 6.31. The third kappa shape index (κ3) is 4.12. The topological polar surface area (TPSA) is 50.4 Å². The van der Waals surface area contributed by atoms with Crippen molar-refractivity contribution in [1.29, 1.82) is 0 Å². The molecule has 0 aliphatic carbocycles. The first-order chi connectivity index (χ1) is 9.45. The summed E-state index contributed by atoms with van der Waals surface area (Å²) in [6, 6.07) is 4.22. The predicted molar refractivity (Wildman–Crippen MR) is 67.4 cm³/mol. The number of rotatable bonds is 2. The van der Waals surface area contributed by atoms with E-state index in [1.54, 1.807) is 0 Å². The van der Waals surface area contributed by atoms with E-state index in [0.29, 0.717) is 6.54 Å². The molecule has 1 heterocycles. The molecule has 1 atom stereocenters. The third-order valence-corrected chi connectivity index (χ3v) is 2.98. The number of carbonyl (C=O) groups excluding carboxylic acids is 1. The summed E-state index contributed by atoms with van der Waals surface area (Å²) < 4.78 is 42.3. The number of hydrogen-bond donors (Lipinski definition) is 2. The van der Waals surface area contributed by atoms with E-state index >= 15 is 0 Å². The fraction of sp³-hybridized carbons (Fsp3) is 0.462. The predicted octanol–water partition coefficient (Wildman–Crippen LogP) is 3.01. The summed E-state index contributed by atoms with van der Waals surface area (Å²) in [6.45, 7) is 1.50. The van der Waals surface area contributed by atoms with Crippen LogP contribution < -0.4 is 10.6 Å². The number of carbonyl (C=O) groups is 1. The van der Waals surface area contributed by atoms with Crippen LogP contribution in [-0.2, 0) is 10.9 Å². The van der Waals surface area contributed by atoms with Gasteiger partial charge in [0, 0.05) is 12.2 Å². The molecular formula is C13H15F3N2O2. The van der Waals surface area contributed by atoms with Gasteiger partial charge in [0.1, 0.15) is 6.10 Å². The lowest BCUT2D eigenvalue weighted by molar-refractivity contribution is -0.137. The maximum Gasteiger partial charge on any atom is 0.416 e. The lowest BCUT2D eigenvalue weighted by Gasteiger charge is -2.22. The highest BCUT2D eigenvalue weighted by Gasteiger charge is 2.30. The van der Waals surface area contributed by atoms with Gasteiger partial charge in [0.05, 0.1) is 5.56 Å². The van der Waals surface area contributed by atoms with Crippen molar-refractivity contribution in [2.75, 3.05) is 18.4 Å². The SMILES string of the molecule is O=C(Nc1ccc(C(F)(F)F)cc1)OC1CCCNC1. The zero-order chi connectivity index (χ0) is 14.6. The molecule has 2 rings (SSSR count). The summed E-state index contributed by atoms with van der Waals surface area (Å²) in [4.78, 5) is 11.6. The number of anilines is 1. The second-order valence-corrected chi connectivity index (χ2v) is 4.57. The monoisotopic (exact) mass is 288 g/mol. The van der Waals surface area contributed by atoms with Gasteiger partial charge >= 0.3 is 12.3 Å². The minimum atomic E-state index is -4.38. The maximum absolute atomic E-state index is 12.4. The van der Waals surface area contributed by atoms with E-state index in [1.807, 2.05) is 0 Å². The average Bonchev–Trinajstić information content (AvgIpc) is 2.39. The number of nitrogens with one attached hydrogen (secondary N) is 2. The van der Waals surface area contributed by atoms with Crippen molar-refractivity contribution >= 4 is 11.8 Å². The Morgan fingerprint density at radius 3 is 2.55 bits per heavy atom. The van der Waals surface area contributed by atoms with E-state index in [4.69, 9.17) is 4.74 Å². The van der Waals surface area contributed by atoms with Crippen molar-refractivity contribution in [3.8, 4) is 0 Å². The maximum atomic E-state index is 12.4. The summed E-state index contributed by atoms with van der Waals surface area (Å²) in [7, 11) is 0. The lowest BCUT2D eigenvalue weighted by atomic mass is 10.1. The standard InChI is InChI=1S/C13H15F3N2O2/c14-13(15,16)9-3-5-10(6-4-9)18-12(19)20-11-2-1-7-17-8-11/h3-6,11,17H,1-2,7-8H2,(H,18,19). The highest BCUT2D eigenvalue weighted by atomic mass is 19.4. The normalized spacial score (nSPS) is 19.4. The van der Waals surface area contributed by atoms with Crippen LogP contribution in [0.4, 0.5) is 23.7 Å². The third-order valence-electron chi connectivity index (χ3n) is 2.98. The van der Waals surface area contributed by atoms with Crippen molar-refractivity contribution in [2.24, 2.45) is 0 Å². The van der Waals surface area contributed by atoms with Crippen molar-refractivity contribution in [1.82, 2.24) is 5.32 Å². The fourth-order valence-electron chi connectivity index (χ4n) is 1.96. The lowest BCUT2D eigenvalue weighted by Crippen LogP contribution is -2.37. The van der Waals surface area contributed by atoms with E-state index in [1.165, 1.54) is 12.1 Å². The number of amides is 1. The highest BCUT2D eigenvalue weighted by Crippen LogP contribution is 2.29. The van der Waals surface area contributed by atoms with Crippen LogP contribution >= 0.6 is 0 Å². The Morgan fingerprint density at radius 1 is 1.30 bits per heavy atom. The summed E-state index contributed by atoms with van der Waals surface area (Å²) in [5.74, 6) is 0. The molecule has 0 saturated carbocycles. The molecule has 1 aliphatic heterocycles. The number of alkyl halides is 3. The number of halogens is 3. The van der Waals surface area contributed by atoms with Gasteiger partial charge in [-0.1, -0.05) is 0 Å². The van der Waals surface area contributed by atoms with Gasteiger partial charge in [-0.15, -0.1) is 0 Å². The van der Waals surface area contributed by atoms with Crippen LogP contribution in [0.1, 0.15) is 18.4 Å². The Hall–Kier alpha value is -1.76. The summed E-state index contributed by atoms with van der Waals surface area (Å²) in [6.07, 6.45) is -3.52. The van der Waals surface area contributed by atoms with E-state index in [-0.39, 0.29) is 11.8 Å². The van der Waals surface area contributed by atoms with Crippen LogP contribution in [0.3, 0.4) is 0 Å². The van der Waals surface area contributed by atoms with Crippen molar-refractivity contribution in [3.05, 3.63) is 29.8 Å². The molecule has 0 bridgehead atoms. The molecule has 0 aromatic heterocycles. The Morgan fingerprint density at radius 2 is 2.00 bits per heavy atom. The molecule has 1 amide bonds. The van der Waals surface area contributed by atoms with Crippen molar-refractivity contribution < 1.29 is 22.7 Å². The number of benzene rings is 1. The first kappa shape index (κ1) is 14.6. The summed E-state index contributed by atoms with van der Waals surface area (Å²) in [5, 5.41) is 5.51. The Bertz CT molecular complexity index is 454. The molecule has 4 nitrogen and oxygen atoms in total. The van der Waals surface area contributed by atoms with E-state index < -0.39 is 17.8 Å². The van der Waals surface area contributed by atoms with Crippen LogP contribution in [0.15, 0.2) is 24.3 Å². The smallest absolute Gasteiger partial charge is 0.416 e. The molecule has 1 aromatic carbocycles. The van der Waals surface area contributed by atoms with Crippen molar-refractivity contribution in [2.45, 2.75) is 25.1 Å². The molecule has 1 aromatic rings. The van der Waals surface area contributed by atoms with Gasteiger partial charge < -0.3 is 10.1 Å². The fourth-order valence-corrected chi connectivity index (χ4v) is 1.96. The van der Waals surface area contributed by atoms with Gasteiger partial charge in [-0.3, -0.25) is 5.32 Å². The van der Waals surface area contributed by atoms with Crippen LogP contribution in [0, 0.1) is 0 Å². The summed E-state index contributed by atoms with van der Waals surface area (Å²) in [5.41, 5.74) is -0.486. The highest BCUT2D eigenvalue weighted by molar-refractivity contribution is 5.84. The first-order valence-electron chi connectivity index (χ1n) is 6.31. The number of ether oxygens (including phenoxy) is 1. The van der Waals surface area contributed by atoms with Crippen LogP contribution in [-0.4, -0.2) is 25.3 Å². The molecule has 1 fully saturated rings. The number of hydrogen-bond acceptors (Lipinski definition) is 3. The molecule has 1 aliphatic rings. The van der Waals surface area contributed by atoms with Crippen LogP contribution in [0.25, 0.3) is 0 Å². The second-order valence-electron chi connectivity index (χ2n) is 4.57. The molecule has 20 heavy (non-hydrogen) atoms. The molecular weight excluding hydrogens is 273 g/mol. The Balaban J connectivity index is 1.87. The minimum Gasteiger partial charge on any atom is -0.445 e. The van der Waals surface area contributed by atoms with E-state index in [2.05, 4.69) is 10.6 Å². The van der Waals surface area contributed by atoms with Gasteiger partial charge in [-0.2, -0.15) is 13.2 Å². The van der Waals surface area contributed by atoms with Gasteiger partial charge in [0.2, 0.25) is 0 Å². The number of piperidine rings is 1. The average molecular weight is 288 g/mol. The molecule has 0 radical (unpaired) electrons. The molecule has 1 unspecified atom stereocenters. The van der Waals surface area contributed by atoms with Gasteiger partial charge in [0.25, 0.3) is 0 Å². The second kappa shape index (κ2) is 6.13. The molecule has 7 heteroatoms. The van der Waals surface area contributed by atoms with Gasteiger partial charge in [-0.05, 0) is 43.7 Å². The molecule has 0 spiro atoms. The molecule has 1 saturated heterocycles. The Kier molecular flexibility index (Phi) is 4.49. The van der Waals surface area contributed by atoms with E-state index in [9.17, 15) is 18.0 Å². The molecule has 110 valence electrons. The van der Waals surface area contributed by atoms with Gasteiger partial charge in [0.15, 0.2) is 0 Å². The zero-order valence-corrected chi connectivity index (χ0v) is 10.7. The quantitative estimate of drug-likeness (QED) is 0.879. The van der Waals surface area contributed by atoms with Crippen LogP contribution in [0.2, 0.25) is 0 Å². The largest absolute Gasteiger partial charge is 0.445 e. The van der Waals surface area contributed by atoms with Crippen molar-refractivity contribution in [3.63, 3.8) is 0 Å². The van der Waals surface area contributed by atoms with Gasteiger partial charge in [-0.25, -0.2) is 4.79 Å². The van der Waals surface area contributed by atoms with E-state index in [0.717, 1.165) is 31.5 Å². The minimum absolute atomic E-state index is 0.196. The molecule has 2 N–H and O–H groups in total. The summed E-state index contributed by atoms with van der Waals surface area (Å²) >= 11 is 0. The zero-order valence-electron chi connectivity index (χ0n) is 10.7. The van der Waals surface area contributed by atoms with Crippen LogP contribution in [0.5, 0.6) is 0 Å². The Labute approximate surface area is 114 Å².